The molecule has 0 saturated carbocycles. The smallest absolute Gasteiger partial charge is 0.225 e. The quantitative estimate of drug-likeness (QED) is 0.926. The first kappa shape index (κ1) is 15.3. The van der Waals surface area contributed by atoms with Gasteiger partial charge in [-0.2, -0.15) is 5.10 Å². The molecule has 1 aliphatic carbocycles. The maximum atomic E-state index is 11.3. The van der Waals surface area contributed by atoms with Crippen LogP contribution in [0.25, 0.3) is 5.69 Å². The average Bonchev–Trinajstić information content (AvgIpc) is 3.21. The Hall–Kier alpha value is -2.21. The third kappa shape index (κ3) is 2.94. The number of carbonyl (C=O) groups excluding carboxylic acids is 1. The molecule has 1 saturated heterocycles. The van der Waals surface area contributed by atoms with Gasteiger partial charge in [0.1, 0.15) is 5.82 Å². The fourth-order valence-corrected chi connectivity index (χ4v) is 3.70. The van der Waals surface area contributed by atoms with E-state index in [0.717, 1.165) is 50.4 Å². The largest absolute Gasteiger partial charge is 0.381 e. The van der Waals surface area contributed by atoms with Crippen molar-refractivity contribution < 1.29 is 9.53 Å². The molecule has 0 unspecified atom stereocenters. The molecule has 1 amide bonds. The second-order valence-corrected chi connectivity index (χ2v) is 6.63. The third-order valence-electron chi connectivity index (χ3n) is 4.92. The van der Waals surface area contributed by atoms with Crippen molar-refractivity contribution in [2.45, 2.75) is 44.4 Å². The molecule has 4 rings (SSSR count). The molecule has 2 heterocycles. The highest BCUT2D eigenvalue weighted by Crippen LogP contribution is 2.29. The van der Waals surface area contributed by atoms with Crippen molar-refractivity contribution in [3.8, 4) is 5.69 Å². The van der Waals surface area contributed by atoms with E-state index in [0.29, 0.717) is 11.7 Å². The molecule has 0 spiro atoms. The van der Waals surface area contributed by atoms with E-state index in [2.05, 4.69) is 28.3 Å². The molecule has 1 aromatic heterocycles. The van der Waals surface area contributed by atoms with Crippen LogP contribution in [0.3, 0.4) is 0 Å². The maximum Gasteiger partial charge on any atom is 0.225 e. The number of ether oxygens (including phenoxy) is 1. The van der Waals surface area contributed by atoms with Crippen LogP contribution < -0.4 is 5.73 Å². The van der Waals surface area contributed by atoms with Crippen LogP contribution in [0.15, 0.2) is 18.2 Å². The summed E-state index contributed by atoms with van der Waals surface area (Å²) in [5.41, 5.74) is 9.19. The van der Waals surface area contributed by atoms with E-state index in [1.807, 2.05) is 4.68 Å². The standard InChI is InChI=1S/C18H22N4O2/c19-16(23)11-17-20-18(13-6-8-24-9-7-13)22(21-17)15-5-4-12-2-1-3-14(12)10-15/h4-5,10,13H,1-3,6-9,11H2,(H2,19,23). The summed E-state index contributed by atoms with van der Waals surface area (Å²) in [4.78, 5) is 15.9. The van der Waals surface area contributed by atoms with Gasteiger partial charge >= 0.3 is 0 Å². The Kier molecular flexibility index (Phi) is 4.06. The number of fused-ring (bicyclic) bond motifs is 1. The maximum absolute atomic E-state index is 11.3. The topological polar surface area (TPSA) is 83.0 Å². The zero-order valence-corrected chi connectivity index (χ0v) is 13.7. The molecule has 0 radical (unpaired) electrons. The zero-order chi connectivity index (χ0) is 16.5. The molecule has 1 aromatic carbocycles. The third-order valence-corrected chi connectivity index (χ3v) is 4.92. The number of aromatic nitrogens is 3. The average molecular weight is 326 g/mol. The molecule has 2 N–H and O–H groups in total. The minimum atomic E-state index is -0.403. The van der Waals surface area contributed by atoms with Crippen LogP contribution in [-0.4, -0.2) is 33.9 Å². The van der Waals surface area contributed by atoms with Crippen molar-refractivity contribution in [3.63, 3.8) is 0 Å². The van der Waals surface area contributed by atoms with Crippen molar-refractivity contribution >= 4 is 5.91 Å². The molecule has 2 aromatic rings. The summed E-state index contributed by atoms with van der Waals surface area (Å²) in [6.07, 6.45) is 5.44. The Morgan fingerprint density at radius 3 is 2.83 bits per heavy atom. The summed E-state index contributed by atoms with van der Waals surface area (Å²) < 4.78 is 7.38. The SMILES string of the molecule is NC(=O)Cc1nc(C2CCOCC2)n(-c2ccc3c(c2)CCC3)n1. The van der Waals surface area contributed by atoms with Gasteiger partial charge in [-0.05, 0) is 55.4 Å². The highest BCUT2D eigenvalue weighted by molar-refractivity contribution is 5.75. The summed E-state index contributed by atoms with van der Waals surface area (Å²) in [6, 6.07) is 6.52. The first-order valence-electron chi connectivity index (χ1n) is 8.65. The normalized spacial score (nSPS) is 17.8. The highest BCUT2D eigenvalue weighted by Gasteiger charge is 2.24. The highest BCUT2D eigenvalue weighted by atomic mass is 16.5. The number of hydrogen-bond donors (Lipinski definition) is 1. The Bertz CT molecular complexity index is 762. The molecule has 2 aliphatic rings. The predicted octanol–water partition coefficient (Wildman–Crippen LogP) is 1.68. The molecule has 1 fully saturated rings. The van der Waals surface area contributed by atoms with Gasteiger partial charge in [-0.15, -0.1) is 0 Å². The first-order valence-corrected chi connectivity index (χ1v) is 8.65. The van der Waals surface area contributed by atoms with Crippen molar-refractivity contribution in [2.24, 2.45) is 5.73 Å². The lowest BCUT2D eigenvalue weighted by Crippen LogP contribution is -2.18. The van der Waals surface area contributed by atoms with Crippen LogP contribution in [-0.2, 0) is 28.8 Å². The Morgan fingerprint density at radius 2 is 2.04 bits per heavy atom. The van der Waals surface area contributed by atoms with Gasteiger partial charge in [0.2, 0.25) is 5.91 Å². The molecule has 6 nitrogen and oxygen atoms in total. The number of nitrogens with zero attached hydrogens (tertiary/aromatic N) is 3. The van der Waals surface area contributed by atoms with E-state index < -0.39 is 5.91 Å². The number of amides is 1. The molecule has 6 heteroatoms. The van der Waals surface area contributed by atoms with Gasteiger partial charge in [0.05, 0.1) is 12.1 Å². The number of rotatable bonds is 4. The van der Waals surface area contributed by atoms with Gasteiger partial charge in [0.15, 0.2) is 5.82 Å². The Morgan fingerprint density at radius 1 is 1.25 bits per heavy atom. The minimum Gasteiger partial charge on any atom is -0.381 e. The van der Waals surface area contributed by atoms with E-state index >= 15 is 0 Å². The number of carbonyl (C=O) groups is 1. The van der Waals surface area contributed by atoms with Gasteiger partial charge in [0.25, 0.3) is 0 Å². The monoisotopic (exact) mass is 326 g/mol. The molecule has 0 atom stereocenters. The fourth-order valence-electron chi connectivity index (χ4n) is 3.70. The minimum absolute atomic E-state index is 0.0775. The second-order valence-electron chi connectivity index (χ2n) is 6.63. The number of aryl methyl sites for hydroxylation is 2. The van der Waals surface area contributed by atoms with Gasteiger partial charge in [-0.1, -0.05) is 6.07 Å². The molecular formula is C18H22N4O2. The van der Waals surface area contributed by atoms with E-state index in [9.17, 15) is 4.79 Å². The summed E-state index contributed by atoms with van der Waals surface area (Å²) in [5, 5.41) is 4.59. The summed E-state index contributed by atoms with van der Waals surface area (Å²) >= 11 is 0. The molecule has 1 aliphatic heterocycles. The van der Waals surface area contributed by atoms with Gasteiger partial charge in [-0.25, -0.2) is 9.67 Å². The summed E-state index contributed by atoms with van der Waals surface area (Å²) in [6.45, 7) is 1.49. The zero-order valence-electron chi connectivity index (χ0n) is 13.7. The summed E-state index contributed by atoms with van der Waals surface area (Å²) in [7, 11) is 0. The van der Waals surface area contributed by atoms with E-state index in [1.54, 1.807) is 0 Å². The molecule has 24 heavy (non-hydrogen) atoms. The fraction of sp³-hybridized carbons (Fsp3) is 0.500. The first-order chi connectivity index (χ1) is 11.7. The Labute approximate surface area is 141 Å². The van der Waals surface area contributed by atoms with Crippen LogP contribution in [0.5, 0.6) is 0 Å². The van der Waals surface area contributed by atoms with Crippen LogP contribution >= 0.6 is 0 Å². The molecule has 0 bridgehead atoms. The Balaban J connectivity index is 1.74. The lowest BCUT2D eigenvalue weighted by Gasteiger charge is -2.21. The predicted molar refractivity (Wildman–Crippen MR) is 89.1 cm³/mol. The van der Waals surface area contributed by atoms with Gasteiger partial charge < -0.3 is 10.5 Å². The van der Waals surface area contributed by atoms with Crippen molar-refractivity contribution in [1.29, 1.82) is 0 Å². The number of benzene rings is 1. The van der Waals surface area contributed by atoms with E-state index in [4.69, 9.17) is 10.5 Å². The number of hydrogen-bond acceptors (Lipinski definition) is 4. The van der Waals surface area contributed by atoms with Crippen LogP contribution in [0.1, 0.15) is 48.0 Å². The van der Waals surface area contributed by atoms with Crippen LogP contribution in [0.4, 0.5) is 0 Å². The van der Waals surface area contributed by atoms with Gasteiger partial charge in [-0.3, -0.25) is 4.79 Å². The molecular weight excluding hydrogens is 304 g/mol. The van der Waals surface area contributed by atoms with E-state index in [-0.39, 0.29) is 6.42 Å². The van der Waals surface area contributed by atoms with Crippen LogP contribution in [0, 0.1) is 0 Å². The van der Waals surface area contributed by atoms with Crippen molar-refractivity contribution in [1.82, 2.24) is 14.8 Å². The van der Waals surface area contributed by atoms with Crippen molar-refractivity contribution in [3.05, 3.63) is 41.0 Å². The van der Waals surface area contributed by atoms with E-state index in [1.165, 1.54) is 17.5 Å². The lowest BCUT2D eigenvalue weighted by molar-refractivity contribution is -0.117. The van der Waals surface area contributed by atoms with Crippen LogP contribution in [0.2, 0.25) is 0 Å². The summed E-state index contributed by atoms with van der Waals surface area (Å²) in [5.74, 6) is 1.33. The van der Waals surface area contributed by atoms with Gasteiger partial charge in [0, 0.05) is 19.1 Å². The lowest BCUT2D eigenvalue weighted by atomic mass is 9.99. The van der Waals surface area contributed by atoms with Crippen molar-refractivity contribution in [2.75, 3.05) is 13.2 Å². The number of primary amides is 1. The molecule has 126 valence electrons. The number of nitrogens with two attached hydrogens (primary N) is 1. The second kappa shape index (κ2) is 6.36.